The van der Waals surface area contributed by atoms with Gasteiger partial charge in [0.2, 0.25) is 0 Å². The Hall–Kier alpha value is -3.73. The highest BCUT2D eigenvalue weighted by Gasteiger charge is 2.22. The third-order valence-electron chi connectivity index (χ3n) is 9.16. The van der Waals surface area contributed by atoms with Crippen LogP contribution in [0.15, 0.2) is 61.7 Å². The van der Waals surface area contributed by atoms with E-state index in [-0.39, 0.29) is 37.6 Å². The van der Waals surface area contributed by atoms with Crippen molar-refractivity contribution < 1.29 is 51.6 Å². The SMILES string of the molecule is C=Cc1ccc(C(=O)CCCCCCCCC(=O)OC[C@H](COP(=O)([O-])OCC[N+](C)(C)C)OC(=O)CCCCCCCCC(=O)c2ccc(C=C)cc2)cc1. The molecule has 0 radical (unpaired) electrons. The van der Waals surface area contributed by atoms with Crippen molar-refractivity contribution in [3.8, 4) is 0 Å². The zero-order valence-corrected chi connectivity index (χ0v) is 34.8. The van der Waals surface area contributed by atoms with Crippen LogP contribution in [0.1, 0.15) is 135 Å². The van der Waals surface area contributed by atoms with E-state index in [4.69, 9.17) is 18.5 Å². The van der Waals surface area contributed by atoms with Gasteiger partial charge in [0.15, 0.2) is 17.7 Å². The zero-order valence-electron chi connectivity index (χ0n) is 33.9. The number of carbonyl (C=O) groups excluding carboxylic acids is 4. The van der Waals surface area contributed by atoms with E-state index in [0.717, 1.165) is 75.3 Å². The van der Waals surface area contributed by atoms with E-state index in [2.05, 4.69) is 13.2 Å². The molecule has 2 aromatic rings. The maximum Gasteiger partial charge on any atom is 0.306 e. The van der Waals surface area contributed by atoms with Gasteiger partial charge in [-0.25, -0.2) is 0 Å². The smallest absolute Gasteiger partial charge is 0.306 e. The zero-order chi connectivity index (χ0) is 41.2. The molecule has 2 rings (SSSR count). The molecule has 1 unspecified atom stereocenters. The molecule has 0 fully saturated rings. The molecule has 0 saturated heterocycles. The number of rotatable bonds is 32. The quantitative estimate of drug-likeness (QED) is 0.0231. The largest absolute Gasteiger partial charge is 0.756 e. The van der Waals surface area contributed by atoms with Crippen LogP contribution in [0.3, 0.4) is 0 Å². The topological polar surface area (TPSA) is 145 Å². The van der Waals surface area contributed by atoms with Gasteiger partial charge in [-0.15, -0.1) is 0 Å². The second-order valence-electron chi connectivity index (χ2n) is 15.1. The van der Waals surface area contributed by atoms with Gasteiger partial charge in [-0.3, -0.25) is 23.7 Å². The summed E-state index contributed by atoms with van der Waals surface area (Å²) in [7, 11) is 1.01. The molecule has 0 aromatic heterocycles. The van der Waals surface area contributed by atoms with E-state index in [0.29, 0.717) is 47.8 Å². The first kappa shape index (κ1) is 48.4. The summed E-state index contributed by atoms with van der Waals surface area (Å²) in [6, 6.07) is 14.8. The van der Waals surface area contributed by atoms with Crippen molar-refractivity contribution in [1.29, 1.82) is 0 Å². The molecular weight excluding hydrogens is 733 g/mol. The minimum absolute atomic E-state index is 0.0765. The summed E-state index contributed by atoms with van der Waals surface area (Å²) in [6.07, 6.45) is 13.6. The van der Waals surface area contributed by atoms with Crippen molar-refractivity contribution in [2.24, 2.45) is 0 Å². The van der Waals surface area contributed by atoms with Crippen LogP contribution in [0.4, 0.5) is 0 Å². The lowest BCUT2D eigenvalue weighted by Crippen LogP contribution is -2.37. The molecule has 0 amide bonds. The molecule has 56 heavy (non-hydrogen) atoms. The normalized spacial score (nSPS) is 13.0. The number of ether oxygens (including phenoxy) is 2. The predicted octanol–water partition coefficient (Wildman–Crippen LogP) is 8.94. The van der Waals surface area contributed by atoms with Crippen LogP contribution in [0, 0.1) is 0 Å². The lowest BCUT2D eigenvalue weighted by Gasteiger charge is -2.28. The first-order valence-corrected chi connectivity index (χ1v) is 21.4. The monoisotopic (exact) mass is 797 g/mol. The first-order valence-electron chi connectivity index (χ1n) is 20.0. The highest BCUT2D eigenvalue weighted by Crippen LogP contribution is 2.38. The Morgan fingerprint density at radius 3 is 1.46 bits per heavy atom. The Labute approximate surface area is 334 Å². The van der Waals surface area contributed by atoms with Crippen molar-refractivity contribution in [3.05, 3.63) is 83.9 Å². The third-order valence-corrected chi connectivity index (χ3v) is 10.1. The molecule has 2 aromatic carbocycles. The molecule has 0 bridgehead atoms. The fraction of sp³-hybridized carbons (Fsp3) is 0.545. The lowest BCUT2D eigenvalue weighted by atomic mass is 10.0. The van der Waals surface area contributed by atoms with Gasteiger partial charge in [-0.1, -0.05) is 125 Å². The number of benzene rings is 2. The lowest BCUT2D eigenvalue weighted by molar-refractivity contribution is -0.870. The molecular formula is C44H64NO10P. The van der Waals surface area contributed by atoms with E-state index in [9.17, 15) is 28.6 Å². The number of unbranched alkanes of at least 4 members (excludes halogenated alkanes) is 10. The van der Waals surface area contributed by atoms with Gasteiger partial charge in [0, 0.05) is 36.8 Å². The third kappa shape index (κ3) is 22.7. The van der Waals surface area contributed by atoms with Gasteiger partial charge in [0.25, 0.3) is 7.82 Å². The van der Waals surface area contributed by atoms with Gasteiger partial charge in [-0.05, 0) is 36.8 Å². The summed E-state index contributed by atoms with van der Waals surface area (Å²) >= 11 is 0. The Balaban J connectivity index is 1.67. The van der Waals surface area contributed by atoms with E-state index in [1.165, 1.54) is 0 Å². The summed E-state index contributed by atoms with van der Waals surface area (Å²) in [5, 5.41) is 0. The minimum atomic E-state index is -4.69. The highest BCUT2D eigenvalue weighted by atomic mass is 31.2. The van der Waals surface area contributed by atoms with Crippen molar-refractivity contribution in [3.63, 3.8) is 0 Å². The average Bonchev–Trinajstić information content (AvgIpc) is 3.17. The molecule has 11 nitrogen and oxygen atoms in total. The number of esters is 2. The molecule has 310 valence electrons. The second kappa shape index (κ2) is 27.0. The number of carbonyl (C=O) groups is 4. The average molecular weight is 798 g/mol. The molecule has 0 aliphatic rings. The Morgan fingerprint density at radius 1 is 0.625 bits per heavy atom. The van der Waals surface area contributed by atoms with Gasteiger partial charge >= 0.3 is 11.9 Å². The van der Waals surface area contributed by atoms with Crippen molar-refractivity contribution in [1.82, 2.24) is 0 Å². The number of nitrogens with zero attached hydrogens (tertiary/aromatic N) is 1. The van der Waals surface area contributed by atoms with Crippen LogP contribution in [0.5, 0.6) is 0 Å². The number of hydrogen-bond acceptors (Lipinski definition) is 10. The van der Waals surface area contributed by atoms with Gasteiger partial charge in [-0.2, -0.15) is 0 Å². The standard InChI is InChI=1S/C44H64NO10P/c1-6-36-24-28-38(29-25-36)41(46)20-16-12-8-10-14-18-22-43(48)52-34-40(35-54-56(50,51)53-33-32-45(3,4)5)55-44(49)23-19-15-11-9-13-17-21-42(47)39-30-26-37(7-2)27-31-39/h6-7,24-31,40H,1-2,8-23,32-35H2,3-5H3/t40-/m1/s1. The molecule has 0 aliphatic heterocycles. The van der Waals surface area contributed by atoms with Crippen LogP contribution in [-0.4, -0.2) is 81.6 Å². The van der Waals surface area contributed by atoms with Crippen LogP contribution < -0.4 is 4.89 Å². The number of likely N-dealkylation sites (N-methyl/N-ethyl adjacent to an activating group) is 1. The first-order chi connectivity index (χ1) is 26.7. The van der Waals surface area contributed by atoms with Gasteiger partial charge in [0.1, 0.15) is 19.8 Å². The highest BCUT2D eigenvalue weighted by molar-refractivity contribution is 7.45. The van der Waals surface area contributed by atoms with Crippen molar-refractivity contribution >= 4 is 43.5 Å². The van der Waals surface area contributed by atoms with Crippen LogP contribution in [-0.2, 0) is 32.7 Å². The van der Waals surface area contributed by atoms with Crippen LogP contribution in [0.2, 0.25) is 0 Å². The number of ketones is 2. The molecule has 0 aliphatic carbocycles. The molecule has 12 heteroatoms. The maximum absolute atomic E-state index is 12.7. The summed E-state index contributed by atoms with van der Waals surface area (Å²) in [6.45, 7) is 6.93. The Morgan fingerprint density at radius 2 is 1.04 bits per heavy atom. The van der Waals surface area contributed by atoms with Crippen LogP contribution in [0.25, 0.3) is 12.2 Å². The van der Waals surface area contributed by atoms with E-state index in [1.54, 1.807) is 12.2 Å². The van der Waals surface area contributed by atoms with E-state index < -0.39 is 32.5 Å². The van der Waals surface area contributed by atoms with Gasteiger partial charge < -0.3 is 27.9 Å². The molecule has 0 spiro atoms. The fourth-order valence-electron chi connectivity index (χ4n) is 5.68. The number of quaternary nitrogens is 1. The molecule has 0 N–H and O–H groups in total. The number of hydrogen-bond donors (Lipinski definition) is 0. The molecule has 2 atom stereocenters. The molecule has 0 heterocycles. The maximum atomic E-state index is 12.7. The summed E-state index contributed by atoms with van der Waals surface area (Å²) < 4.78 is 33.7. The Bertz CT molecular complexity index is 1550. The van der Waals surface area contributed by atoms with Crippen molar-refractivity contribution in [2.45, 2.75) is 109 Å². The summed E-state index contributed by atoms with van der Waals surface area (Å²) in [5.74, 6) is -0.766. The van der Waals surface area contributed by atoms with Gasteiger partial charge in [0.05, 0.1) is 27.7 Å². The fourth-order valence-corrected chi connectivity index (χ4v) is 6.41. The predicted molar refractivity (Wildman–Crippen MR) is 219 cm³/mol. The Kier molecular flexibility index (Phi) is 23.3. The van der Waals surface area contributed by atoms with E-state index >= 15 is 0 Å². The van der Waals surface area contributed by atoms with Crippen molar-refractivity contribution in [2.75, 3.05) is 47.5 Å². The summed E-state index contributed by atoms with van der Waals surface area (Å²) in [5.41, 5.74) is 3.36. The number of phosphoric ester groups is 1. The number of phosphoric acid groups is 1. The second-order valence-corrected chi connectivity index (χ2v) is 16.5. The minimum Gasteiger partial charge on any atom is -0.756 e. The molecule has 0 saturated carbocycles. The summed E-state index contributed by atoms with van der Waals surface area (Å²) in [4.78, 5) is 62.3. The number of Topliss-reactive ketones (excluding diaryl/α,β-unsaturated/α-hetero) is 2. The van der Waals surface area contributed by atoms with Crippen LogP contribution >= 0.6 is 7.82 Å². The van der Waals surface area contributed by atoms with E-state index in [1.807, 2.05) is 69.7 Å².